The smallest absolute Gasteiger partial charge is 0.253 e. The number of aromatic amines is 1. The summed E-state index contributed by atoms with van der Waals surface area (Å²) in [7, 11) is 0. The van der Waals surface area contributed by atoms with Crippen molar-refractivity contribution in [3.63, 3.8) is 0 Å². The molecule has 5 rings (SSSR count). The lowest BCUT2D eigenvalue weighted by atomic mass is 9.87. The van der Waals surface area contributed by atoms with Gasteiger partial charge in [0.25, 0.3) is 11.5 Å². The van der Waals surface area contributed by atoms with E-state index in [0.717, 1.165) is 48.4 Å². The van der Waals surface area contributed by atoms with Gasteiger partial charge in [0, 0.05) is 92.5 Å². The fraction of sp³-hybridized carbons (Fsp3) is 0.647. The predicted molar refractivity (Wildman–Crippen MR) is 168 cm³/mol. The van der Waals surface area contributed by atoms with Crippen molar-refractivity contribution in [3.05, 3.63) is 56.5 Å². The zero-order valence-corrected chi connectivity index (χ0v) is 27.0. The number of hydrogen-bond acceptors (Lipinski definition) is 6. The molecule has 3 aliphatic rings. The van der Waals surface area contributed by atoms with Gasteiger partial charge in [0.05, 0.1) is 12.2 Å². The molecular formula is C34H48F2N4O4. The molecule has 242 valence electrons. The number of amides is 1. The quantitative estimate of drug-likeness (QED) is 0.380. The number of aryl methyl sites for hydroxylation is 2. The molecule has 2 aromatic rings. The summed E-state index contributed by atoms with van der Waals surface area (Å²) in [6.45, 7) is 14.4. The summed E-state index contributed by atoms with van der Waals surface area (Å²) in [6.07, 6.45) is 2.75. The summed E-state index contributed by atoms with van der Waals surface area (Å²) in [6, 6.07) is 6.04. The van der Waals surface area contributed by atoms with E-state index in [1.54, 1.807) is 6.07 Å². The Bertz CT molecular complexity index is 1390. The molecule has 0 unspecified atom stereocenters. The maximum absolute atomic E-state index is 14.0. The number of nitrogens with zero attached hydrogens (tertiary/aromatic N) is 2. The molecule has 10 heteroatoms. The number of hydrogen-bond donors (Lipinski definition) is 2. The predicted octanol–water partition coefficient (Wildman–Crippen LogP) is 5.65. The van der Waals surface area contributed by atoms with Crippen LogP contribution < -0.4 is 20.5 Å². The first-order valence-electron chi connectivity index (χ1n) is 16.2. The minimum absolute atomic E-state index is 0.0251. The number of aromatic nitrogens is 1. The Morgan fingerprint density at radius 1 is 1.11 bits per heavy atom. The van der Waals surface area contributed by atoms with Crippen LogP contribution in [0.2, 0.25) is 0 Å². The average molecular weight is 615 g/mol. The second-order valence-electron chi connectivity index (χ2n) is 13.2. The van der Waals surface area contributed by atoms with Gasteiger partial charge in [0.2, 0.25) is 5.92 Å². The number of ether oxygens (including phenoxy) is 2. The lowest BCUT2D eigenvalue weighted by Gasteiger charge is -2.47. The SMILES string of the molecule is CCN(c1cc(O[C@H]2C[C@H](N3C[C@@H](C)O[C@@H](C)C3)C2)cc(C(=O)NCc2c(C)cc(C)[nH]c2=O)c1C)C1CCC(F)(F)CC1. The Kier molecular flexibility index (Phi) is 9.70. The van der Waals surface area contributed by atoms with Gasteiger partial charge in [-0.3, -0.25) is 14.5 Å². The van der Waals surface area contributed by atoms with Gasteiger partial charge >= 0.3 is 0 Å². The fourth-order valence-corrected chi connectivity index (χ4v) is 7.24. The molecule has 1 saturated heterocycles. The molecule has 0 radical (unpaired) electrons. The van der Waals surface area contributed by atoms with E-state index in [2.05, 4.69) is 33.9 Å². The van der Waals surface area contributed by atoms with Crippen LogP contribution in [-0.4, -0.2) is 71.7 Å². The molecule has 2 heterocycles. The van der Waals surface area contributed by atoms with Gasteiger partial charge in [-0.15, -0.1) is 0 Å². The number of pyridine rings is 1. The van der Waals surface area contributed by atoms with E-state index < -0.39 is 5.92 Å². The second kappa shape index (κ2) is 13.2. The Morgan fingerprint density at radius 3 is 2.39 bits per heavy atom. The third-order valence-corrected chi connectivity index (χ3v) is 9.63. The molecule has 1 aromatic carbocycles. The third-order valence-electron chi connectivity index (χ3n) is 9.63. The molecule has 2 saturated carbocycles. The van der Waals surface area contributed by atoms with Crippen LogP contribution in [0.1, 0.15) is 92.0 Å². The number of H-pyrrole nitrogens is 1. The van der Waals surface area contributed by atoms with Gasteiger partial charge in [-0.25, -0.2) is 8.78 Å². The van der Waals surface area contributed by atoms with Crippen molar-refractivity contribution in [2.75, 3.05) is 24.5 Å². The minimum atomic E-state index is -2.62. The fourth-order valence-electron chi connectivity index (χ4n) is 7.24. The Hall–Kier alpha value is -2.98. The number of halogens is 2. The molecule has 44 heavy (non-hydrogen) atoms. The molecule has 1 aromatic heterocycles. The van der Waals surface area contributed by atoms with Crippen molar-refractivity contribution >= 4 is 11.6 Å². The number of carbonyl (C=O) groups excluding carboxylic acids is 1. The summed E-state index contributed by atoms with van der Waals surface area (Å²) in [5.41, 5.74) is 3.95. The summed E-state index contributed by atoms with van der Waals surface area (Å²) in [4.78, 5) is 33.7. The highest BCUT2D eigenvalue weighted by Crippen LogP contribution is 2.40. The van der Waals surface area contributed by atoms with Gasteiger partial charge < -0.3 is 24.7 Å². The van der Waals surface area contributed by atoms with Crippen LogP contribution in [0.5, 0.6) is 5.75 Å². The van der Waals surface area contributed by atoms with Gasteiger partial charge in [-0.2, -0.15) is 0 Å². The van der Waals surface area contributed by atoms with Crippen molar-refractivity contribution in [3.8, 4) is 5.75 Å². The zero-order valence-electron chi connectivity index (χ0n) is 27.0. The monoisotopic (exact) mass is 614 g/mol. The van der Waals surface area contributed by atoms with Crippen LogP contribution in [0.3, 0.4) is 0 Å². The molecular weight excluding hydrogens is 566 g/mol. The van der Waals surface area contributed by atoms with Gasteiger partial charge in [-0.1, -0.05) is 0 Å². The number of benzene rings is 1. The molecule has 8 nitrogen and oxygen atoms in total. The first-order valence-corrected chi connectivity index (χ1v) is 16.2. The number of carbonyl (C=O) groups is 1. The van der Waals surface area contributed by atoms with Gasteiger partial charge in [-0.05, 0) is 77.6 Å². The number of rotatable bonds is 9. The van der Waals surface area contributed by atoms with Crippen molar-refractivity contribution in [1.29, 1.82) is 0 Å². The van der Waals surface area contributed by atoms with Crippen molar-refractivity contribution in [2.45, 2.75) is 123 Å². The third kappa shape index (κ3) is 7.28. The highest BCUT2D eigenvalue weighted by atomic mass is 19.3. The largest absolute Gasteiger partial charge is 0.490 e. The molecule has 1 aliphatic heterocycles. The molecule has 2 aliphatic carbocycles. The van der Waals surface area contributed by atoms with Crippen LogP contribution in [0.25, 0.3) is 0 Å². The summed E-state index contributed by atoms with van der Waals surface area (Å²) >= 11 is 0. The summed E-state index contributed by atoms with van der Waals surface area (Å²) < 4.78 is 40.5. The van der Waals surface area contributed by atoms with Gasteiger partial charge in [0.1, 0.15) is 11.9 Å². The van der Waals surface area contributed by atoms with Crippen molar-refractivity contribution in [1.82, 2.24) is 15.2 Å². The lowest BCUT2D eigenvalue weighted by Crippen LogP contribution is -2.56. The highest BCUT2D eigenvalue weighted by Gasteiger charge is 2.39. The van der Waals surface area contributed by atoms with Crippen LogP contribution in [0.15, 0.2) is 23.0 Å². The number of anilines is 1. The highest BCUT2D eigenvalue weighted by molar-refractivity contribution is 5.97. The van der Waals surface area contributed by atoms with E-state index in [-0.39, 0.29) is 55.2 Å². The zero-order chi connectivity index (χ0) is 31.8. The average Bonchev–Trinajstić information content (AvgIpc) is 2.91. The Balaban J connectivity index is 1.37. The summed E-state index contributed by atoms with van der Waals surface area (Å²) in [5, 5.41) is 2.95. The first-order chi connectivity index (χ1) is 20.8. The maximum atomic E-state index is 14.0. The van der Waals surface area contributed by atoms with E-state index >= 15 is 0 Å². The van der Waals surface area contributed by atoms with E-state index in [1.165, 1.54) is 0 Å². The molecule has 0 spiro atoms. The molecule has 3 fully saturated rings. The van der Waals surface area contributed by atoms with Crippen LogP contribution in [0, 0.1) is 20.8 Å². The second-order valence-corrected chi connectivity index (χ2v) is 13.2. The molecule has 1 amide bonds. The minimum Gasteiger partial charge on any atom is -0.490 e. The van der Waals surface area contributed by atoms with Crippen molar-refractivity contribution in [2.24, 2.45) is 0 Å². The number of alkyl halides is 2. The number of nitrogens with one attached hydrogen (secondary N) is 2. The molecule has 2 N–H and O–H groups in total. The lowest BCUT2D eigenvalue weighted by molar-refractivity contribution is -0.103. The Labute approximate surface area is 259 Å². The van der Waals surface area contributed by atoms with E-state index in [1.807, 2.05) is 39.8 Å². The van der Waals surface area contributed by atoms with Crippen LogP contribution >= 0.6 is 0 Å². The standard InChI is InChI=1S/C34H48F2N4O4/c1-7-40(25-8-10-34(35,36)11-9-25)31-16-28(44-27-13-26(14-27)39-18-22(4)43-23(5)19-39)15-29(24(31)6)32(41)37-17-30-20(2)12-21(3)38-33(30)42/h12,15-16,22-23,25-27H,7-11,13-14,17-19H2,1-6H3,(H,37,41)(H,38,42)/t22-,23+,26-,27-. The van der Waals surface area contributed by atoms with Crippen LogP contribution in [0.4, 0.5) is 14.5 Å². The van der Waals surface area contributed by atoms with Crippen molar-refractivity contribution < 1.29 is 23.0 Å². The molecule has 2 atom stereocenters. The number of morpholine rings is 1. The van der Waals surface area contributed by atoms with E-state index in [9.17, 15) is 18.4 Å². The molecule has 0 bridgehead atoms. The topological polar surface area (TPSA) is 86.9 Å². The summed E-state index contributed by atoms with van der Waals surface area (Å²) in [5.74, 6) is -2.32. The van der Waals surface area contributed by atoms with Gasteiger partial charge in [0.15, 0.2) is 0 Å². The van der Waals surface area contributed by atoms with E-state index in [0.29, 0.717) is 42.3 Å². The van der Waals surface area contributed by atoms with E-state index in [4.69, 9.17) is 9.47 Å². The normalized spacial score (nSPS) is 25.7. The first kappa shape index (κ1) is 32.4. The Morgan fingerprint density at radius 2 is 1.77 bits per heavy atom. The maximum Gasteiger partial charge on any atom is 0.253 e. The van der Waals surface area contributed by atoms with Crippen LogP contribution in [-0.2, 0) is 11.3 Å².